The molecule has 0 N–H and O–H groups in total. The number of nitrogens with zero attached hydrogens (tertiary/aromatic N) is 1. The lowest BCUT2D eigenvalue weighted by Crippen LogP contribution is -2.44. The molecule has 26 heavy (non-hydrogen) atoms. The van der Waals surface area contributed by atoms with Crippen molar-refractivity contribution in [3.63, 3.8) is 0 Å². The number of carbonyl (C=O) groups excluding carboxylic acids is 2. The fraction of sp³-hybridized carbons (Fsp3) is 0.500. The van der Waals surface area contributed by atoms with E-state index in [0.29, 0.717) is 30.7 Å². The van der Waals surface area contributed by atoms with Gasteiger partial charge in [0.05, 0.1) is 7.11 Å². The number of methoxy groups -OCH3 is 1. The van der Waals surface area contributed by atoms with Crippen LogP contribution in [0.3, 0.4) is 0 Å². The van der Waals surface area contributed by atoms with Crippen LogP contribution in [0, 0.1) is 12.3 Å². The Morgan fingerprint density at radius 3 is 2.62 bits per heavy atom. The molecule has 0 bridgehead atoms. The second kappa shape index (κ2) is 8.13. The predicted octanol–water partition coefficient (Wildman–Crippen LogP) is 3.31. The SMILES string of the molecule is C#C[C@@H](OC(=O)[C@H]1CCCN1C(=O)OC(C)(C)C)c1ccccc1OC. The van der Waals surface area contributed by atoms with E-state index in [1.807, 2.05) is 0 Å². The fourth-order valence-corrected chi connectivity index (χ4v) is 2.82. The van der Waals surface area contributed by atoms with Gasteiger partial charge in [0.1, 0.15) is 17.4 Å². The number of rotatable bonds is 4. The van der Waals surface area contributed by atoms with Crippen molar-refractivity contribution in [2.24, 2.45) is 0 Å². The molecule has 1 fully saturated rings. The fourth-order valence-electron chi connectivity index (χ4n) is 2.82. The first-order valence-electron chi connectivity index (χ1n) is 8.56. The molecule has 0 radical (unpaired) electrons. The molecule has 0 unspecified atom stereocenters. The summed E-state index contributed by atoms with van der Waals surface area (Å²) in [5.41, 5.74) is -0.0416. The first-order valence-corrected chi connectivity index (χ1v) is 8.56. The minimum absolute atomic E-state index is 0.448. The summed E-state index contributed by atoms with van der Waals surface area (Å²) in [6.45, 7) is 5.79. The maximum Gasteiger partial charge on any atom is 0.411 e. The molecule has 0 aliphatic carbocycles. The van der Waals surface area contributed by atoms with Crippen LogP contribution in [0.5, 0.6) is 5.75 Å². The molecule has 6 heteroatoms. The van der Waals surface area contributed by atoms with Crippen molar-refractivity contribution in [2.75, 3.05) is 13.7 Å². The summed E-state index contributed by atoms with van der Waals surface area (Å²) >= 11 is 0. The van der Waals surface area contributed by atoms with E-state index >= 15 is 0 Å². The van der Waals surface area contributed by atoms with Crippen LogP contribution in [-0.2, 0) is 14.3 Å². The highest BCUT2D eigenvalue weighted by atomic mass is 16.6. The Hall–Kier alpha value is -2.68. The van der Waals surface area contributed by atoms with Crippen LogP contribution in [0.15, 0.2) is 24.3 Å². The van der Waals surface area contributed by atoms with Crippen molar-refractivity contribution < 1.29 is 23.8 Å². The summed E-state index contributed by atoms with van der Waals surface area (Å²) in [4.78, 5) is 26.4. The molecule has 0 saturated carbocycles. The third-order valence-corrected chi connectivity index (χ3v) is 3.96. The molecule has 2 atom stereocenters. The minimum atomic E-state index is -0.889. The Morgan fingerprint density at radius 2 is 2.00 bits per heavy atom. The summed E-state index contributed by atoms with van der Waals surface area (Å²) in [5.74, 6) is 2.47. The number of carbonyl (C=O) groups is 2. The van der Waals surface area contributed by atoms with E-state index in [-0.39, 0.29) is 0 Å². The molecule has 2 rings (SSSR count). The van der Waals surface area contributed by atoms with Gasteiger partial charge in [0.25, 0.3) is 0 Å². The zero-order valence-corrected chi connectivity index (χ0v) is 15.7. The second-order valence-electron chi connectivity index (χ2n) is 7.06. The molecule has 0 spiro atoms. The largest absolute Gasteiger partial charge is 0.496 e. The standard InChI is InChI=1S/C20H25NO5/c1-6-16(14-10-7-8-12-17(14)24-5)25-18(22)15-11-9-13-21(15)19(23)26-20(2,3)4/h1,7-8,10,12,15-16H,9,11,13H2,2-5H3/t15-,16-/m1/s1. The Morgan fingerprint density at radius 1 is 1.31 bits per heavy atom. The average molecular weight is 359 g/mol. The molecule has 1 saturated heterocycles. The van der Waals surface area contributed by atoms with E-state index in [1.165, 1.54) is 12.0 Å². The summed E-state index contributed by atoms with van der Waals surface area (Å²) in [5, 5.41) is 0. The van der Waals surface area contributed by atoms with Crippen LogP contribution < -0.4 is 4.74 Å². The van der Waals surface area contributed by atoms with E-state index in [2.05, 4.69) is 5.92 Å². The lowest BCUT2D eigenvalue weighted by Gasteiger charge is -2.28. The van der Waals surface area contributed by atoms with Crippen molar-refractivity contribution in [1.29, 1.82) is 0 Å². The minimum Gasteiger partial charge on any atom is -0.496 e. The lowest BCUT2D eigenvalue weighted by molar-refractivity contribution is -0.152. The Kier molecular flexibility index (Phi) is 6.14. The average Bonchev–Trinajstić information content (AvgIpc) is 3.08. The van der Waals surface area contributed by atoms with Gasteiger partial charge in [-0.15, -0.1) is 6.42 Å². The summed E-state index contributed by atoms with van der Waals surface area (Å²) in [6, 6.07) is 6.39. The number of esters is 1. The first kappa shape index (κ1) is 19.6. The van der Waals surface area contributed by atoms with E-state index in [0.717, 1.165) is 0 Å². The maximum absolute atomic E-state index is 12.7. The molecule has 0 aromatic heterocycles. The van der Waals surface area contributed by atoms with Gasteiger partial charge in [-0.05, 0) is 39.7 Å². The number of para-hydroxylation sites is 1. The molecule has 1 amide bonds. The van der Waals surface area contributed by atoms with Crippen LogP contribution in [0.25, 0.3) is 0 Å². The monoisotopic (exact) mass is 359 g/mol. The third-order valence-electron chi connectivity index (χ3n) is 3.96. The number of benzene rings is 1. The van der Waals surface area contributed by atoms with Gasteiger partial charge >= 0.3 is 12.1 Å². The zero-order chi connectivity index (χ0) is 19.3. The number of hydrogen-bond donors (Lipinski definition) is 0. The van der Waals surface area contributed by atoms with Crippen LogP contribution in [0.1, 0.15) is 45.3 Å². The highest BCUT2D eigenvalue weighted by Gasteiger charge is 2.38. The quantitative estimate of drug-likeness (QED) is 0.609. The van der Waals surface area contributed by atoms with Crippen LogP contribution in [0.4, 0.5) is 4.79 Å². The van der Waals surface area contributed by atoms with Gasteiger partial charge in [0.2, 0.25) is 0 Å². The van der Waals surface area contributed by atoms with Crippen molar-refractivity contribution in [3.8, 4) is 18.1 Å². The molecule has 1 aromatic carbocycles. The summed E-state index contributed by atoms with van der Waals surface area (Å²) in [6.07, 6.45) is 5.37. The molecule has 140 valence electrons. The molecule has 1 heterocycles. The predicted molar refractivity (Wildman–Crippen MR) is 96.6 cm³/mol. The second-order valence-corrected chi connectivity index (χ2v) is 7.06. The number of likely N-dealkylation sites (tertiary alicyclic amines) is 1. The summed E-state index contributed by atoms with van der Waals surface area (Å²) < 4.78 is 16.2. The van der Waals surface area contributed by atoms with Gasteiger partial charge in [-0.25, -0.2) is 9.59 Å². The lowest BCUT2D eigenvalue weighted by atomic mass is 10.1. The highest BCUT2D eigenvalue weighted by Crippen LogP contribution is 2.29. The van der Waals surface area contributed by atoms with Crippen molar-refractivity contribution in [2.45, 2.75) is 51.4 Å². The number of amides is 1. The Labute approximate surface area is 154 Å². The van der Waals surface area contributed by atoms with E-state index in [4.69, 9.17) is 20.6 Å². The summed E-state index contributed by atoms with van der Waals surface area (Å²) in [7, 11) is 1.52. The molecule has 1 aliphatic heterocycles. The van der Waals surface area contributed by atoms with E-state index in [1.54, 1.807) is 45.0 Å². The van der Waals surface area contributed by atoms with Gasteiger partial charge in [0, 0.05) is 12.1 Å². The topological polar surface area (TPSA) is 65.1 Å². The normalized spacial score (nSPS) is 18.0. The van der Waals surface area contributed by atoms with E-state index < -0.39 is 29.8 Å². The van der Waals surface area contributed by atoms with Gasteiger partial charge in [-0.2, -0.15) is 0 Å². The highest BCUT2D eigenvalue weighted by molar-refractivity contribution is 5.82. The number of hydrogen-bond acceptors (Lipinski definition) is 5. The van der Waals surface area contributed by atoms with Crippen molar-refractivity contribution in [3.05, 3.63) is 29.8 Å². The first-order chi connectivity index (χ1) is 12.3. The molecule has 6 nitrogen and oxygen atoms in total. The van der Waals surface area contributed by atoms with Gasteiger partial charge in [-0.3, -0.25) is 4.90 Å². The Balaban J connectivity index is 2.12. The molecule has 1 aromatic rings. The van der Waals surface area contributed by atoms with Gasteiger partial charge < -0.3 is 14.2 Å². The van der Waals surface area contributed by atoms with Gasteiger partial charge in [-0.1, -0.05) is 24.1 Å². The molecular formula is C20H25NO5. The maximum atomic E-state index is 12.7. The van der Waals surface area contributed by atoms with E-state index in [9.17, 15) is 9.59 Å². The van der Waals surface area contributed by atoms with Crippen molar-refractivity contribution in [1.82, 2.24) is 4.90 Å². The van der Waals surface area contributed by atoms with Crippen LogP contribution in [-0.4, -0.2) is 42.3 Å². The number of ether oxygens (including phenoxy) is 3. The Bertz CT molecular complexity index is 701. The van der Waals surface area contributed by atoms with Crippen molar-refractivity contribution >= 4 is 12.1 Å². The molecule has 1 aliphatic rings. The molecular weight excluding hydrogens is 334 g/mol. The zero-order valence-electron chi connectivity index (χ0n) is 15.7. The smallest absolute Gasteiger partial charge is 0.411 e. The number of terminal acetylenes is 1. The van der Waals surface area contributed by atoms with Crippen LogP contribution in [0.2, 0.25) is 0 Å². The van der Waals surface area contributed by atoms with Gasteiger partial charge in [0.15, 0.2) is 6.10 Å². The third kappa shape index (κ3) is 4.69. The van der Waals surface area contributed by atoms with Crippen LogP contribution >= 0.6 is 0 Å².